The maximum Gasteiger partial charge on any atom is 0.0370 e. The number of benzene rings is 2. The van der Waals surface area contributed by atoms with Crippen LogP contribution in [0.3, 0.4) is 0 Å². The van der Waals surface area contributed by atoms with Crippen LogP contribution in [0.1, 0.15) is 12.5 Å². The van der Waals surface area contributed by atoms with E-state index in [0.29, 0.717) is 6.04 Å². The van der Waals surface area contributed by atoms with Crippen molar-refractivity contribution in [1.29, 1.82) is 0 Å². The van der Waals surface area contributed by atoms with Crippen molar-refractivity contribution in [2.75, 3.05) is 0 Å². The number of rotatable bonds is 5. The van der Waals surface area contributed by atoms with Crippen LogP contribution in [0, 0.1) is 0 Å². The van der Waals surface area contributed by atoms with Crippen molar-refractivity contribution in [3.63, 3.8) is 0 Å². The molecule has 0 saturated carbocycles. The van der Waals surface area contributed by atoms with Gasteiger partial charge in [-0.05, 0) is 58.9 Å². The summed E-state index contributed by atoms with van der Waals surface area (Å²) in [5.74, 6) is 0. The lowest BCUT2D eigenvalue weighted by atomic mass is 10.1. The zero-order valence-electron chi connectivity index (χ0n) is 10.3. The van der Waals surface area contributed by atoms with E-state index in [9.17, 15) is 0 Å². The molecule has 18 heavy (non-hydrogen) atoms. The maximum atomic E-state index is 3.55. The Morgan fingerprint density at radius 3 is 2.44 bits per heavy atom. The molecule has 0 amide bonds. The van der Waals surface area contributed by atoms with Crippen molar-refractivity contribution in [1.82, 2.24) is 4.72 Å². The maximum absolute atomic E-state index is 3.55. The average molecular weight is 322 g/mol. The van der Waals surface area contributed by atoms with Crippen LogP contribution >= 0.6 is 27.9 Å². The van der Waals surface area contributed by atoms with Crippen LogP contribution in [-0.2, 0) is 6.42 Å². The molecule has 2 aromatic carbocycles. The minimum atomic E-state index is 0.435. The molecule has 1 N–H and O–H groups in total. The number of halogens is 1. The highest BCUT2D eigenvalue weighted by molar-refractivity contribution is 9.10. The molecule has 0 aliphatic carbocycles. The van der Waals surface area contributed by atoms with Crippen LogP contribution < -0.4 is 4.72 Å². The molecular formula is C15H16BrNS. The summed E-state index contributed by atoms with van der Waals surface area (Å²) in [5, 5.41) is 0. The third-order valence-electron chi connectivity index (χ3n) is 2.59. The van der Waals surface area contributed by atoms with Gasteiger partial charge in [0, 0.05) is 15.4 Å². The van der Waals surface area contributed by atoms with Crippen molar-refractivity contribution >= 4 is 27.9 Å². The molecule has 2 aromatic rings. The first-order valence-corrected chi connectivity index (χ1v) is 7.57. The Morgan fingerprint density at radius 1 is 1.06 bits per heavy atom. The van der Waals surface area contributed by atoms with E-state index in [2.05, 4.69) is 76.1 Å². The Balaban J connectivity index is 1.86. The zero-order chi connectivity index (χ0) is 12.8. The normalized spacial score (nSPS) is 12.3. The van der Waals surface area contributed by atoms with Crippen LogP contribution in [0.15, 0.2) is 64.0 Å². The van der Waals surface area contributed by atoms with E-state index in [1.54, 1.807) is 11.9 Å². The summed E-state index contributed by atoms with van der Waals surface area (Å²) >= 11 is 5.23. The Labute approximate surface area is 121 Å². The first-order chi connectivity index (χ1) is 8.75. The Hall–Kier alpha value is -0.770. The predicted octanol–water partition coefficient (Wildman–Crippen LogP) is 4.68. The summed E-state index contributed by atoms with van der Waals surface area (Å²) in [4.78, 5) is 1.22. The standard InChI is InChI=1S/C15H16BrNS/c1-12(11-13-7-3-2-4-8-13)17-18-15-10-6-5-9-14(15)16/h2-10,12,17H,11H2,1H3. The zero-order valence-corrected chi connectivity index (χ0v) is 12.7. The largest absolute Gasteiger partial charge is 0.257 e. The molecule has 0 spiro atoms. The first kappa shape index (κ1) is 13.7. The quantitative estimate of drug-likeness (QED) is 0.803. The van der Waals surface area contributed by atoms with Crippen molar-refractivity contribution in [2.45, 2.75) is 24.3 Å². The topological polar surface area (TPSA) is 12.0 Å². The highest BCUT2D eigenvalue weighted by atomic mass is 79.9. The van der Waals surface area contributed by atoms with Gasteiger partial charge in [0.25, 0.3) is 0 Å². The van der Waals surface area contributed by atoms with Gasteiger partial charge in [-0.15, -0.1) is 0 Å². The van der Waals surface area contributed by atoms with Gasteiger partial charge in [-0.25, -0.2) is 0 Å². The molecule has 94 valence electrons. The van der Waals surface area contributed by atoms with Gasteiger partial charge in [-0.1, -0.05) is 42.5 Å². The van der Waals surface area contributed by atoms with Gasteiger partial charge >= 0.3 is 0 Å². The third kappa shape index (κ3) is 4.16. The summed E-state index contributed by atoms with van der Waals surface area (Å²) in [6.45, 7) is 2.21. The number of hydrogen-bond acceptors (Lipinski definition) is 2. The smallest absolute Gasteiger partial charge is 0.0370 e. The van der Waals surface area contributed by atoms with Crippen LogP contribution in [0.25, 0.3) is 0 Å². The fourth-order valence-electron chi connectivity index (χ4n) is 1.70. The van der Waals surface area contributed by atoms with E-state index in [1.807, 2.05) is 6.07 Å². The second-order valence-corrected chi connectivity index (χ2v) is 5.98. The fourth-order valence-corrected chi connectivity index (χ4v) is 2.95. The Morgan fingerprint density at radius 2 is 1.72 bits per heavy atom. The predicted molar refractivity (Wildman–Crippen MR) is 82.7 cm³/mol. The Kier molecular flexibility index (Phi) is 5.29. The van der Waals surface area contributed by atoms with Gasteiger partial charge in [-0.2, -0.15) is 0 Å². The highest BCUT2D eigenvalue weighted by Gasteiger charge is 2.05. The van der Waals surface area contributed by atoms with Gasteiger partial charge in [0.15, 0.2) is 0 Å². The summed E-state index contributed by atoms with van der Waals surface area (Å²) in [6.07, 6.45) is 1.04. The van der Waals surface area contributed by atoms with E-state index in [-0.39, 0.29) is 0 Å². The van der Waals surface area contributed by atoms with E-state index in [0.717, 1.165) is 10.9 Å². The van der Waals surface area contributed by atoms with Crippen molar-refractivity contribution in [3.8, 4) is 0 Å². The van der Waals surface area contributed by atoms with Gasteiger partial charge in [0.2, 0.25) is 0 Å². The van der Waals surface area contributed by atoms with E-state index < -0.39 is 0 Å². The van der Waals surface area contributed by atoms with Crippen LogP contribution in [-0.4, -0.2) is 6.04 Å². The van der Waals surface area contributed by atoms with Gasteiger partial charge in [-0.3, -0.25) is 4.72 Å². The van der Waals surface area contributed by atoms with Gasteiger partial charge in [0.05, 0.1) is 0 Å². The van der Waals surface area contributed by atoms with Crippen LogP contribution in [0.4, 0.5) is 0 Å². The number of hydrogen-bond donors (Lipinski definition) is 1. The summed E-state index contributed by atoms with van der Waals surface area (Å²) in [6, 6.07) is 19.2. The second kappa shape index (κ2) is 6.98. The summed E-state index contributed by atoms with van der Waals surface area (Å²) < 4.78 is 4.61. The molecule has 2 rings (SSSR count). The molecule has 0 aliphatic heterocycles. The minimum absolute atomic E-state index is 0.435. The summed E-state index contributed by atoms with van der Waals surface area (Å²) in [7, 11) is 0. The minimum Gasteiger partial charge on any atom is -0.257 e. The molecule has 0 heterocycles. The van der Waals surface area contributed by atoms with Crippen LogP contribution in [0.2, 0.25) is 0 Å². The molecule has 1 atom stereocenters. The number of nitrogens with one attached hydrogen (secondary N) is 1. The molecule has 0 bridgehead atoms. The Bertz CT molecular complexity index is 487. The van der Waals surface area contributed by atoms with Gasteiger partial charge in [0.1, 0.15) is 0 Å². The molecule has 1 nitrogen and oxygen atoms in total. The molecule has 0 saturated heterocycles. The SMILES string of the molecule is CC(Cc1ccccc1)NSc1ccccc1Br. The van der Waals surface area contributed by atoms with Crippen molar-refractivity contribution in [3.05, 3.63) is 64.6 Å². The van der Waals surface area contributed by atoms with E-state index in [4.69, 9.17) is 0 Å². The van der Waals surface area contributed by atoms with Crippen LogP contribution in [0.5, 0.6) is 0 Å². The molecule has 0 radical (unpaired) electrons. The molecule has 3 heteroatoms. The fraction of sp³-hybridized carbons (Fsp3) is 0.200. The monoisotopic (exact) mass is 321 g/mol. The van der Waals surface area contributed by atoms with Crippen molar-refractivity contribution in [2.24, 2.45) is 0 Å². The second-order valence-electron chi connectivity index (χ2n) is 4.24. The molecule has 0 aliphatic rings. The van der Waals surface area contributed by atoms with E-state index >= 15 is 0 Å². The average Bonchev–Trinajstić information content (AvgIpc) is 2.39. The third-order valence-corrected chi connectivity index (χ3v) is 4.64. The lowest BCUT2D eigenvalue weighted by Gasteiger charge is -2.13. The van der Waals surface area contributed by atoms with E-state index in [1.165, 1.54) is 10.5 Å². The molecule has 1 unspecified atom stereocenters. The molecule has 0 fully saturated rings. The summed E-state index contributed by atoms with van der Waals surface area (Å²) in [5.41, 5.74) is 1.37. The highest BCUT2D eigenvalue weighted by Crippen LogP contribution is 2.25. The molecule has 0 aromatic heterocycles. The molecular weight excluding hydrogens is 306 g/mol. The lowest BCUT2D eigenvalue weighted by molar-refractivity contribution is 0.689. The first-order valence-electron chi connectivity index (χ1n) is 5.96. The lowest BCUT2D eigenvalue weighted by Crippen LogP contribution is -2.21. The van der Waals surface area contributed by atoms with Crippen molar-refractivity contribution < 1.29 is 0 Å². The van der Waals surface area contributed by atoms with Gasteiger partial charge < -0.3 is 0 Å².